The summed E-state index contributed by atoms with van der Waals surface area (Å²) in [6.45, 7) is 1.97. The smallest absolute Gasteiger partial charge is 0.260 e. The highest BCUT2D eigenvalue weighted by Gasteiger charge is 2.19. The topological polar surface area (TPSA) is 49.9 Å². The lowest BCUT2D eigenvalue weighted by Crippen LogP contribution is -2.18. The van der Waals surface area contributed by atoms with E-state index in [0.29, 0.717) is 16.6 Å². The average molecular weight is 383 g/mol. The van der Waals surface area contributed by atoms with Crippen molar-refractivity contribution in [3.8, 4) is 11.1 Å². The SMILES string of the molecule is Cc1ccc2[nH]c(=O)c(C(=O)/C=C/c3ccc(F)cc3)c(-c3ccccc3)c2c1. The molecule has 4 rings (SSSR count). The number of aromatic amines is 1. The quantitative estimate of drug-likeness (QED) is 0.372. The van der Waals surface area contributed by atoms with Crippen LogP contribution in [0.2, 0.25) is 0 Å². The van der Waals surface area contributed by atoms with Crippen LogP contribution < -0.4 is 5.56 Å². The van der Waals surface area contributed by atoms with Gasteiger partial charge in [-0.05, 0) is 48.4 Å². The number of hydrogen-bond acceptors (Lipinski definition) is 2. The van der Waals surface area contributed by atoms with E-state index >= 15 is 0 Å². The van der Waals surface area contributed by atoms with Gasteiger partial charge < -0.3 is 4.98 Å². The molecule has 0 aliphatic rings. The lowest BCUT2D eigenvalue weighted by atomic mass is 9.93. The first-order valence-corrected chi connectivity index (χ1v) is 9.23. The normalized spacial score (nSPS) is 11.2. The Morgan fingerprint density at radius 3 is 2.41 bits per heavy atom. The molecule has 1 heterocycles. The molecule has 1 N–H and O–H groups in total. The lowest BCUT2D eigenvalue weighted by molar-refractivity contribution is 0.104. The summed E-state index contributed by atoms with van der Waals surface area (Å²) in [4.78, 5) is 28.7. The minimum Gasteiger partial charge on any atom is -0.321 e. The van der Waals surface area contributed by atoms with E-state index in [2.05, 4.69) is 4.98 Å². The van der Waals surface area contributed by atoms with Crippen LogP contribution in [0.4, 0.5) is 4.39 Å². The van der Waals surface area contributed by atoms with Crippen molar-refractivity contribution in [1.82, 2.24) is 4.98 Å². The van der Waals surface area contributed by atoms with Gasteiger partial charge in [0.05, 0.1) is 5.56 Å². The molecular weight excluding hydrogens is 365 g/mol. The molecule has 1 aromatic heterocycles. The van der Waals surface area contributed by atoms with E-state index in [0.717, 1.165) is 16.5 Å². The molecular formula is C25H18FNO2. The van der Waals surface area contributed by atoms with Gasteiger partial charge in [-0.15, -0.1) is 0 Å². The number of allylic oxidation sites excluding steroid dienone is 1. The highest BCUT2D eigenvalue weighted by molar-refractivity contribution is 6.15. The van der Waals surface area contributed by atoms with E-state index in [4.69, 9.17) is 0 Å². The number of rotatable bonds is 4. The molecule has 142 valence electrons. The Kier molecular flexibility index (Phi) is 4.92. The maximum atomic E-state index is 13.1. The molecule has 0 atom stereocenters. The number of fused-ring (bicyclic) bond motifs is 1. The molecule has 0 saturated heterocycles. The number of halogens is 1. The summed E-state index contributed by atoms with van der Waals surface area (Å²) in [5.41, 5.74) is 3.45. The Bertz CT molecular complexity index is 1290. The number of hydrogen-bond donors (Lipinski definition) is 1. The van der Waals surface area contributed by atoms with E-state index in [1.807, 2.05) is 55.5 Å². The first-order chi connectivity index (χ1) is 14.0. The van der Waals surface area contributed by atoms with E-state index in [9.17, 15) is 14.0 Å². The Balaban J connectivity index is 1.91. The predicted octanol–water partition coefficient (Wildman–Crippen LogP) is 5.54. The number of carbonyl (C=O) groups is 1. The van der Waals surface area contributed by atoms with Gasteiger partial charge in [-0.2, -0.15) is 0 Å². The van der Waals surface area contributed by atoms with Crippen LogP contribution in [0, 0.1) is 12.7 Å². The summed E-state index contributed by atoms with van der Waals surface area (Å²) in [6.07, 6.45) is 2.93. The van der Waals surface area contributed by atoms with Gasteiger partial charge in [0, 0.05) is 16.5 Å². The number of H-pyrrole nitrogens is 1. The number of benzene rings is 3. The lowest BCUT2D eigenvalue weighted by Gasteiger charge is -2.12. The van der Waals surface area contributed by atoms with Gasteiger partial charge in [0.2, 0.25) is 0 Å². The van der Waals surface area contributed by atoms with Gasteiger partial charge >= 0.3 is 0 Å². The number of nitrogens with one attached hydrogen (secondary N) is 1. The third-order valence-corrected chi connectivity index (χ3v) is 4.78. The molecule has 4 heteroatoms. The van der Waals surface area contributed by atoms with Crippen molar-refractivity contribution < 1.29 is 9.18 Å². The zero-order valence-electron chi connectivity index (χ0n) is 15.8. The van der Waals surface area contributed by atoms with Gasteiger partial charge in [-0.1, -0.05) is 60.2 Å². The van der Waals surface area contributed by atoms with Crippen molar-refractivity contribution in [2.45, 2.75) is 6.92 Å². The van der Waals surface area contributed by atoms with Crippen molar-refractivity contribution in [1.29, 1.82) is 0 Å². The Hall–Kier alpha value is -3.79. The third-order valence-electron chi connectivity index (χ3n) is 4.78. The van der Waals surface area contributed by atoms with Gasteiger partial charge in [-0.25, -0.2) is 4.39 Å². The van der Waals surface area contributed by atoms with Crippen LogP contribution in [-0.2, 0) is 0 Å². The molecule has 0 bridgehead atoms. The highest BCUT2D eigenvalue weighted by Crippen LogP contribution is 2.30. The number of aryl methyl sites for hydroxylation is 1. The van der Waals surface area contributed by atoms with Crippen molar-refractivity contribution in [2.75, 3.05) is 0 Å². The van der Waals surface area contributed by atoms with Crippen LogP contribution in [0.25, 0.3) is 28.1 Å². The molecule has 0 saturated carbocycles. The fraction of sp³-hybridized carbons (Fsp3) is 0.0400. The van der Waals surface area contributed by atoms with Crippen molar-refractivity contribution in [2.24, 2.45) is 0 Å². The fourth-order valence-corrected chi connectivity index (χ4v) is 3.38. The van der Waals surface area contributed by atoms with Gasteiger partial charge in [0.1, 0.15) is 5.82 Å². The molecule has 0 spiro atoms. The van der Waals surface area contributed by atoms with Crippen molar-refractivity contribution in [3.63, 3.8) is 0 Å². The second-order valence-corrected chi connectivity index (χ2v) is 6.87. The van der Waals surface area contributed by atoms with Gasteiger partial charge in [-0.3, -0.25) is 9.59 Å². The number of ketones is 1. The molecule has 0 aliphatic heterocycles. The molecule has 3 nitrogen and oxygen atoms in total. The molecule has 0 fully saturated rings. The van der Waals surface area contributed by atoms with Crippen LogP contribution in [0.5, 0.6) is 0 Å². The minimum absolute atomic E-state index is 0.0904. The Morgan fingerprint density at radius 2 is 1.69 bits per heavy atom. The second-order valence-electron chi connectivity index (χ2n) is 6.87. The molecule has 29 heavy (non-hydrogen) atoms. The van der Waals surface area contributed by atoms with Crippen LogP contribution in [-0.4, -0.2) is 10.8 Å². The largest absolute Gasteiger partial charge is 0.321 e. The van der Waals surface area contributed by atoms with Crippen LogP contribution in [0.1, 0.15) is 21.5 Å². The number of aromatic nitrogens is 1. The van der Waals surface area contributed by atoms with Gasteiger partial charge in [0.25, 0.3) is 5.56 Å². The zero-order chi connectivity index (χ0) is 20.4. The summed E-state index contributed by atoms with van der Waals surface area (Å²) >= 11 is 0. The number of carbonyl (C=O) groups excluding carboxylic acids is 1. The van der Waals surface area contributed by atoms with Crippen LogP contribution in [0.15, 0.2) is 83.7 Å². The molecule has 4 aromatic rings. The summed E-state index contributed by atoms with van der Waals surface area (Å²) in [5.74, 6) is -0.751. The summed E-state index contributed by atoms with van der Waals surface area (Å²) in [6, 6.07) is 20.9. The van der Waals surface area contributed by atoms with Crippen LogP contribution in [0.3, 0.4) is 0 Å². The van der Waals surface area contributed by atoms with Crippen LogP contribution >= 0.6 is 0 Å². The predicted molar refractivity (Wildman–Crippen MR) is 115 cm³/mol. The standard InChI is InChI=1S/C25H18FNO2/c1-16-7-13-21-20(15-16)23(18-5-3-2-4-6-18)24(25(29)27-21)22(28)14-10-17-8-11-19(26)12-9-17/h2-15H,1H3,(H,27,29)/b14-10+. The average Bonchev–Trinajstić information content (AvgIpc) is 2.73. The van der Waals surface area contributed by atoms with Crippen molar-refractivity contribution >= 4 is 22.8 Å². The zero-order valence-corrected chi connectivity index (χ0v) is 15.8. The van der Waals surface area contributed by atoms with E-state index in [1.54, 1.807) is 18.2 Å². The molecule has 3 aromatic carbocycles. The fourth-order valence-electron chi connectivity index (χ4n) is 3.38. The second kappa shape index (κ2) is 7.68. The molecule has 0 amide bonds. The molecule has 0 unspecified atom stereocenters. The maximum Gasteiger partial charge on any atom is 0.260 e. The van der Waals surface area contributed by atoms with E-state index < -0.39 is 11.3 Å². The highest BCUT2D eigenvalue weighted by atomic mass is 19.1. The molecule has 0 radical (unpaired) electrons. The third kappa shape index (κ3) is 3.78. The Morgan fingerprint density at radius 1 is 0.966 bits per heavy atom. The maximum absolute atomic E-state index is 13.1. The first kappa shape index (κ1) is 18.6. The summed E-state index contributed by atoms with van der Waals surface area (Å²) < 4.78 is 13.1. The van der Waals surface area contributed by atoms with Crippen molar-refractivity contribution in [3.05, 3.63) is 112 Å². The summed E-state index contributed by atoms with van der Waals surface area (Å²) in [7, 11) is 0. The summed E-state index contributed by atoms with van der Waals surface area (Å²) in [5, 5.41) is 0.814. The van der Waals surface area contributed by atoms with Gasteiger partial charge in [0.15, 0.2) is 5.78 Å². The monoisotopic (exact) mass is 383 g/mol. The van der Waals surface area contributed by atoms with E-state index in [1.165, 1.54) is 18.2 Å². The van der Waals surface area contributed by atoms with E-state index in [-0.39, 0.29) is 11.4 Å². The molecule has 0 aliphatic carbocycles. The minimum atomic E-state index is -0.436. The number of pyridine rings is 1. The first-order valence-electron chi connectivity index (χ1n) is 9.23. The Labute approximate surface area is 167 Å².